The molecule has 0 spiro atoms. The van der Waals surface area contributed by atoms with Crippen molar-refractivity contribution in [1.29, 1.82) is 0 Å². The van der Waals surface area contributed by atoms with Crippen molar-refractivity contribution in [2.45, 2.75) is 32.5 Å². The highest BCUT2D eigenvalue weighted by Gasteiger charge is 2.32. The lowest BCUT2D eigenvalue weighted by atomic mass is 10.2. The molecule has 1 aliphatic heterocycles. The lowest BCUT2D eigenvalue weighted by molar-refractivity contribution is -0.161. The number of ether oxygens (including phenoxy) is 2. The summed E-state index contributed by atoms with van der Waals surface area (Å²) in [6, 6.07) is 7.50. The summed E-state index contributed by atoms with van der Waals surface area (Å²) >= 11 is 0. The number of nitrogens with zero attached hydrogens (tertiary/aromatic N) is 1. The van der Waals surface area contributed by atoms with Crippen LogP contribution in [0, 0.1) is 6.92 Å². The van der Waals surface area contributed by atoms with Gasteiger partial charge in [-0.2, -0.15) is 0 Å². The molecule has 0 saturated carbocycles. The highest BCUT2D eigenvalue weighted by molar-refractivity contribution is 5.82. The Balaban J connectivity index is 2.03. The zero-order chi connectivity index (χ0) is 16.1. The van der Waals surface area contributed by atoms with Gasteiger partial charge < -0.3 is 19.5 Å². The average Bonchev–Trinajstić information content (AvgIpc) is 2.52. The minimum Gasteiger partial charge on any atom is -0.481 e. The minimum absolute atomic E-state index is 0.0574. The third-order valence-corrected chi connectivity index (χ3v) is 3.57. The molecule has 2 rings (SSSR count). The molecule has 0 bridgehead atoms. The third kappa shape index (κ3) is 3.98. The molecular weight excluding hydrogens is 286 g/mol. The zero-order valence-electron chi connectivity index (χ0n) is 12.8. The van der Waals surface area contributed by atoms with Crippen molar-refractivity contribution < 1.29 is 24.2 Å². The molecule has 1 aliphatic rings. The van der Waals surface area contributed by atoms with Crippen LogP contribution in [0.5, 0.6) is 5.75 Å². The van der Waals surface area contributed by atoms with Gasteiger partial charge in [-0.3, -0.25) is 4.79 Å². The average molecular weight is 307 g/mol. The maximum absolute atomic E-state index is 12.5. The lowest BCUT2D eigenvalue weighted by Crippen LogP contribution is -2.52. The number of carboxylic acid groups (broad SMARTS) is 1. The smallest absolute Gasteiger partial charge is 0.334 e. The van der Waals surface area contributed by atoms with E-state index in [0.717, 1.165) is 5.56 Å². The van der Waals surface area contributed by atoms with Crippen molar-refractivity contribution in [1.82, 2.24) is 4.90 Å². The molecule has 0 radical (unpaired) electrons. The second-order valence-electron chi connectivity index (χ2n) is 5.31. The van der Waals surface area contributed by atoms with Crippen LogP contribution in [0.2, 0.25) is 0 Å². The summed E-state index contributed by atoms with van der Waals surface area (Å²) in [5, 5.41) is 9.01. The van der Waals surface area contributed by atoms with Gasteiger partial charge in [-0.15, -0.1) is 0 Å². The van der Waals surface area contributed by atoms with Crippen molar-refractivity contribution in [3.05, 3.63) is 29.8 Å². The number of aliphatic carboxylic acids is 1. The Labute approximate surface area is 129 Å². The van der Waals surface area contributed by atoms with Crippen LogP contribution >= 0.6 is 0 Å². The molecule has 1 amide bonds. The first kappa shape index (κ1) is 16.3. The molecule has 0 aromatic heterocycles. The van der Waals surface area contributed by atoms with Gasteiger partial charge in [0.2, 0.25) is 0 Å². The molecule has 1 N–H and O–H groups in total. The topological polar surface area (TPSA) is 76.1 Å². The van der Waals surface area contributed by atoms with Gasteiger partial charge in [0.25, 0.3) is 5.91 Å². The number of hydrogen-bond acceptors (Lipinski definition) is 4. The van der Waals surface area contributed by atoms with Crippen LogP contribution in [0.25, 0.3) is 0 Å². The van der Waals surface area contributed by atoms with Crippen molar-refractivity contribution in [2.75, 3.05) is 19.7 Å². The van der Waals surface area contributed by atoms with Crippen molar-refractivity contribution in [2.24, 2.45) is 0 Å². The van der Waals surface area contributed by atoms with E-state index < -0.39 is 18.2 Å². The Morgan fingerprint density at radius 2 is 2.27 bits per heavy atom. The van der Waals surface area contributed by atoms with Crippen LogP contribution in [0.15, 0.2) is 24.3 Å². The number of carboxylic acids is 1. The number of amides is 1. The number of hydrogen-bond donors (Lipinski definition) is 1. The summed E-state index contributed by atoms with van der Waals surface area (Å²) in [5.74, 6) is -0.605. The number of benzene rings is 1. The van der Waals surface area contributed by atoms with Crippen molar-refractivity contribution in [3.8, 4) is 5.75 Å². The Morgan fingerprint density at radius 3 is 2.91 bits per heavy atom. The quantitative estimate of drug-likeness (QED) is 0.891. The predicted octanol–water partition coefficient (Wildman–Crippen LogP) is 1.46. The van der Waals surface area contributed by atoms with Gasteiger partial charge in [0, 0.05) is 6.54 Å². The van der Waals surface area contributed by atoms with E-state index in [4.69, 9.17) is 14.6 Å². The normalized spacial score (nSPS) is 19.5. The van der Waals surface area contributed by atoms with Crippen molar-refractivity contribution >= 4 is 11.9 Å². The van der Waals surface area contributed by atoms with Gasteiger partial charge >= 0.3 is 5.97 Å². The standard InChI is InChI=1S/C16H21NO5/c1-3-13(22-12-6-4-5-11(2)9-12)15(18)17-7-8-21-14(10-17)16(19)20/h4-6,9,13-14H,3,7-8,10H2,1-2H3,(H,19,20)/t13-,14+/m1/s1. The van der Waals surface area contributed by atoms with Crippen LogP contribution in [0.4, 0.5) is 0 Å². The molecule has 1 aromatic carbocycles. The first-order valence-corrected chi connectivity index (χ1v) is 7.37. The number of carbonyl (C=O) groups excluding carboxylic acids is 1. The van der Waals surface area contributed by atoms with Crippen LogP contribution in [0.3, 0.4) is 0 Å². The first-order chi connectivity index (χ1) is 10.5. The molecule has 6 heteroatoms. The fourth-order valence-electron chi connectivity index (χ4n) is 2.36. The Hall–Kier alpha value is -2.08. The summed E-state index contributed by atoms with van der Waals surface area (Å²) in [6.07, 6.45) is -1.06. The summed E-state index contributed by atoms with van der Waals surface area (Å²) in [4.78, 5) is 25.0. The summed E-state index contributed by atoms with van der Waals surface area (Å²) in [5.41, 5.74) is 1.05. The van der Waals surface area contributed by atoms with E-state index in [1.165, 1.54) is 4.90 Å². The third-order valence-electron chi connectivity index (χ3n) is 3.57. The Bertz CT molecular complexity index is 545. The van der Waals surface area contributed by atoms with Crippen LogP contribution < -0.4 is 4.74 Å². The SMILES string of the molecule is CC[C@@H](Oc1cccc(C)c1)C(=O)N1CCO[C@H](C(=O)O)C1. The molecule has 0 unspecified atom stereocenters. The van der Waals surface area contributed by atoms with Gasteiger partial charge in [-0.05, 0) is 31.0 Å². The second kappa shape index (κ2) is 7.26. The monoisotopic (exact) mass is 307 g/mol. The summed E-state index contributed by atoms with van der Waals surface area (Å²) in [6.45, 7) is 4.49. The van der Waals surface area contributed by atoms with Gasteiger partial charge in [0.15, 0.2) is 12.2 Å². The second-order valence-corrected chi connectivity index (χ2v) is 5.31. The highest BCUT2D eigenvalue weighted by atomic mass is 16.5. The highest BCUT2D eigenvalue weighted by Crippen LogP contribution is 2.17. The van der Waals surface area contributed by atoms with E-state index in [2.05, 4.69) is 0 Å². The molecule has 120 valence electrons. The van der Waals surface area contributed by atoms with Gasteiger partial charge in [-0.25, -0.2) is 4.79 Å². The molecule has 1 fully saturated rings. The fraction of sp³-hybridized carbons (Fsp3) is 0.500. The molecule has 2 atom stereocenters. The molecule has 6 nitrogen and oxygen atoms in total. The molecule has 1 heterocycles. The minimum atomic E-state index is -1.05. The molecule has 1 aromatic rings. The number of carbonyl (C=O) groups is 2. The molecular formula is C16H21NO5. The fourth-order valence-corrected chi connectivity index (χ4v) is 2.36. The molecule has 22 heavy (non-hydrogen) atoms. The van der Waals surface area contributed by atoms with Crippen molar-refractivity contribution in [3.63, 3.8) is 0 Å². The van der Waals surface area contributed by atoms with Gasteiger partial charge in [-0.1, -0.05) is 19.1 Å². The Morgan fingerprint density at radius 1 is 1.50 bits per heavy atom. The van der Waals surface area contributed by atoms with Gasteiger partial charge in [0.1, 0.15) is 5.75 Å². The predicted molar refractivity (Wildman–Crippen MR) is 79.8 cm³/mol. The summed E-state index contributed by atoms with van der Waals surface area (Å²) < 4.78 is 10.9. The lowest BCUT2D eigenvalue weighted by Gasteiger charge is -2.33. The maximum Gasteiger partial charge on any atom is 0.334 e. The van der Waals surface area contributed by atoms with Crippen LogP contribution in [-0.4, -0.2) is 53.8 Å². The van der Waals surface area contributed by atoms with E-state index in [9.17, 15) is 9.59 Å². The van der Waals surface area contributed by atoms with Crippen LogP contribution in [0.1, 0.15) is 18.9 Å². The maximum atomic E-state index is 12.5. The van der Waals surface area contributed by atoms with Crippen LogP contribution in [-0.2, 0) is 14.3 Å². The van der Waals surface area contributed by atoms with E-state index >= 15 is 0 Å². The summed E-state index contributed by atoms with van der Waals surface area (Å²) in [7, 11) is 0. The number of aryl methyl sites for hydroxylation is 1. The number of rotatable bonds is 5. The van der Waals surface area contributed by atoms with Gasteiger partial charge in [0.05, 0.1) is 13.2 Å². The van der Waals surface area contributed by atoms with E-state index in [1.54, 1.807) is 0 Å². The first-order valence-electron chi connectivity index (χ1n) is 7.37. The van der Waals surface area contributed by atoms with E-state index in [-0.39, 0.29) is 19.1 Å². The zero-order valence-corrected chi connectivity index (χ0v) is 12.8. The largest absolute Gasteiger partial charge is 0.481 e. The molecule has 1 saturated heterocycles. The Kier molecular flexibility index (Phi) is 5.38. The molecule has 0 aliphatic carbocycles. The number of morpholine rings is 1. The van der Waals surface area contributed by atoms with E-state index in [0.29, 0.717) is 18.7 Å². The van der Waals surface area contributed by atoms with E-state index in [1.807, 2.05) is 38.1 Å².